The van der Waals surface area contributed by atoms with Crippen LogP contribution in [-0.2, 0) is 0 Å². The summed E-state index contributed by atoms with van der Waals surface area (Å²) in [5.41, 5.74) is 6.97. The van der Waals surface area contributed by atoms with Gasteiger partial charge in [0.1, 0.15) is 5.75 Å². The van der Waals surface area contributed by atoms with Crippen molar-refractivity contribution >= 4 is 0 Å². The van der Waals surface area contributed by atoms with E-state index in [9.17, 15) is 0 Å². The Balaban J connectivity index is 2.35. The first-order valence-electron chi connectivity index (χ1n) is 5.18. The third-order valence-electron chi connectivity index (χ3n) is 2.36. The molecule has 1 rings (SSSR count). The highest BCUT2D eigenvalue weighted by atomic mass is 16.5. The zero-order chi connectivity index (χ0) is 10.4. The molecule has 0 saturated heterocycles. The fraction of sp³-hybridized carbons (Fsp3) is 0.500. The minimum atomic E-state index is 0.263. The van der Waals surface area contributed by atoms with Gasteiger partial charge in [0, 0.05) is 6.04 Å². The van der Waals surface area contributed by atoms with Crippen LogP contribution in [0.15, 0.2) is 24.3 Å². The molecule has 2 N–H and O–H groups in total. The number of para-hydroxylation sites is 1. The van der Waals surface area contributed by atoms with Gasteiger partial charge in [-0.15, -0.1) is 0 Å². The van der Waals surface area contributed by atoms with E-state index in [4.69, 9.17) is 10.5 Å². The number of nitrogens with two attached hydrogens (primary N) is 1. The Morgan fingerprint density at radius 3 is 2.71 bits per heavy atom. The molecule has 2 nitrogen and oxygen atoms in total. The van der Waals surface area contributed by atoms with Crippen molar-refractivity contribution in [1.82, 2.24) is 0 Å². The average Bonchev–Trinajstić information content (AvgIpc) is 2.20. The van der Waals surface area contributed by atoms with Crippen LogP contribution in [0, 0.1) is 6.92 Å². The lowest BCUT2D eigenvalue weighted by molar-refractivity contribution is 0.294. The summed E-state index contributed by atoms with van der Waals surface area (Å²) in [5.74, 6) is 0.968. The van der Waals surface area contributed by atoms with Crippen LogP contribution in [0.25, 0.3) is 0 Å². The highest BCUT2D eigenvalue weighted by Crippen LogP contribution is 2.16. The molecule has 0 heterocycles. The molecule has 0 aromatic heterocycles. The summed E-state index contributed by atoms with van der Waals surface area (Å²) >= 11 is 0. The van der Waals surface area contributed by atoms with Gasteiger partial charge >= 0.3 is 0 Å². The Morgan fingerprint density at radius 2 is 2.07 bits per heavy atom. The normalized spacial score (nSPS) is 12.5. The van der Waals surface area contributed by atoms with Crippen LogP contribution in [0.2, 0.25) is 0 Å². The molecule has 0 bridgehead atoms. The van der Waals surface area contributed by atoms with Crippen LogP contribution >= 0.6 is 0 Å². The van der Waals surface area contributed by atoms with E-state index in [0.717, 1.165) is 18.6 Å². The minimum absolute atomic E-state index is 0.263. The quantitative estimate of drug-likeness (QED) is 0.779. The number of ether oxygens (including phenoxy) is 1. The average molecular weight is 193 g/mol. The molecule has 0 radical (unpaired) electrons. The molecule has 78 valence electrons. The molecule has 0 fully saturated rings. The summed E-state index contributed by atoms with van der Waals surface area (Å²) in [6.07, 6.45) is 1.93. The summed E-state index contributed by atoms with van der Waals surface area (Å²) in [4.78, 5) is 0. The second-order valence-electron chi connectivity index (χ2n) is 3.57. The van der Waals surface area contributed by atoms with Crippen molar-refractivity contribution in [3.8, 4) is 5.75 Å². The maximum Gasteiger partial charge on any atom is 0.122 e. The monoisotopic (exact) mass is 193 g/mol. The van der Waals surface area contributed by atoms with Crippen molar-refractivity contribution in [2.75, 3.05) is 6.61 Å². The van der Waals surface area contributed by atoms with Crippen LogP contribution in [-0.4, -0.2) is 12.6 Å². The first-order valence-corrected chi connectivity index (χ1v) is 5.18. The van der Waals surface area contributed by atoms with E-state index >= 15 is 0 Å². The van der Waals surface area contributed by atoms with Gasteiger partial charge in [0.2, 0.25) is 0 Å². The lowest BCUT2D eigenvalue weighted by Crippen LogP contribution is -2.21. The van der Waals surface area contributed by atoms with Crippen molar-refractivity contribution in [1.29, 1.82) is 0 Å². The molecular formula is C12H19NO. The second-order valence-corrected chi connectivity index (χ2v) is 3.57. The zero-order valence-corrected chi connectivity index (χ0v) is 8.99. The van der Waals surface area contributed by atoms with Gasteiger partial charge in [-0.2, -0.15) is 0 Å². The fourth-order valence-corrected chi connectivity index (χ4v) is 1.24. The summed E-state index contributed by atoms with van der Waals surface area (Å²) in [6.45, 7) is 4.85. The molecule has 14 heavy (non-hydrogen) atoms. The standard InChI is InChI=1S/C12H19NO/c1-3-11(13)8-9-14-12-7-5-4-6-10(12)2/h4-7,11H,3,8-9,13H2,1-2H3. The number of aryl methyl sites for hydroxylation is 1. The van der Waals surface area contributed by atoms with Gasteiger partial charge in [-0.25, -0.2) is 0 Å². The van der Waals surface area contributed by atoms with Crippen molar-refractivity contribution in [3.05, 3.63) is 29.8 Å². The maximum absolute atomic E-state index is 5.80. The van der Waals surface area contributed by atoms with Crippen molar-refractivity contribution in [2.24, 2.45) is 5.73 Å². The van der Waals surface area contributed by atoms with Crippen molar-refractivity contribution < 1.29 is 4.74 Å². The van der Waals surface area contributed by atoms with Crippen molar-refractivity contribution in [2.45, 2.75) is 32.7 Å². The highest BCUT2D eigenvalue weighted by Gasteiger charge is 2.00. The van der Waals surface area contributed by atoms with E-state index in [1.807, 2.05) is 18.2 Å². The number of benzene rings is 1. The molecule has 0 aliphatic heterocycles. The number of hydrogen-bond donors (Lipinski definition) is 1. The van der Waals surface area contributed by atoms with E-state index in [1.54, 1.807) is 0 Å². The fourth-order valence-electron chi connectivity index (χ4n) is 1.24. The topological polar surface area (TPSA) is 35.2 Å². The Labute approximate surface area is 86.1 Å². The largest absolute Gasteiger partial charge is 0.493 e. The van der Waals surface area contributed by atoms with Crippen LogP contribution < -0.4 is 10.5 Å². The predicted octanol–water partition coefficient (Wildman–Crippen LogP) is 2.50. The summed E-state index contributed by atoms with van der Waals surface area (Å²) in [5, 5.41) is 0. The van der Waals surface area contributed by atoms with Crippen molar-refractivity contribution in [3.63, 3.8) is 0 Å². The van der Waals surface area contributed by atoms with Gasteiger partial charge in [-0.05, 0) is 31.4 Å². The second kappa shape index (κ2) is 5.66. The minimum Gasteiger partial charge on any atom is -0.493 e. The van der Waals surface area contributed by atoms with E-state index in [0.29, 0.717) is 6.61 Å². The molecule has 0 aliphatic rings. The van der Waals surface area contributed by atoms with E-state index in [2.05, 4.69) is 19.9 Å². The highest BCUT2D eigenvalue weighted by molar-refractivity contribution is 5.31. The predicted molar refractivity (Wildman–Crippen MR) is 59.6 cm³/mol. The first kappa shape index (κ1) is 11.1. The first-order chi connectivity index (χ1) is 6.74. The van der Waals surface area contributed by atoms with E-state index in [1.165, 1.54) is 5.56 Å². The Kier molecular flexibility index (Phi) is 4.47. The third kappa shape index (κ3) is 3.38. The van der Waals surface area contributed by atoms with Crippen LogP contribution in [0.1, 0.15) is 25.3 Å². The molecular weight excluding hydrogens is 174 g/mol. The van der Waals surface area contributed by atoms with Gasteiger partial charge < -0.3 is 10.5 Å². The SMILES string of the molecule is CCC(N)CCOc1ccccc1C. The number of hydrogen-bond acceptors (Lipinski definition) is 2. The summed E-state index contributed by atoms with van der Waals surface area (Å²) in [7, 11) is 0. The lowest BCUT2D eigenvalue weighted by Gasteiger charge is -2.11. The Morgan fingerprint density at radius 1 is 1.36 bits per heavy atom. The van der Waals surface area contributed by atoms with Crippen LogP contribution in [0.5, 0.6) is 5.75 Å². The smallest absolute Gasteiger partial charge is 0.122 e. The zero-order valence-electron chi connectivity index (χ0n) is 8.99. The molecule has 2 heteroatoms. The van der Waals surface area contributed by atoms with Gasteiger partial charge in [0.15, 0.2) is 0 Å². The van der Waals surface area contributed by atoms with Crippen LogP contribution in [0.4, 0.5) is 0 Å². The lowest BCUT2D eigenvalue weighted by atomic mass is 10.2. The van der Waals surface area contributed by atoms with Crippen LogP contribution in [0.3, 0.4) is 0 Å². The Bertz CT molecular complexity index is 273. The van der Waals surface area contributed by atoms with E-state index < -0.39 is 0 Å². The van der Waals surface area contributed by atoms with Gasteiger partial charge in [0.25, 0.3) is 0 Å². The molecule has 1 aromatic carbocycles. The molecule has 0 saturated carbocycles. The molecule has 0 spiro atoms. The maximum atomic E-state index is 5.80. The van der Waals surface area contributed by atoms with Gasteiger partial charge in [0.05, 0.1) is 6.61 Å². The molecule has 0 amide bonds. The summed E-state index contributed by atoms with van der Waals surface area (Å²) < 4.78 is 5.63. The molecule has 0 aliphatic carbocycles. The molecule has 1 aromatic rings. The van der Waals surface area contributed by atoms with Gasteiger partial charge in [-0.3, -0.25) is 0 Å². The summed E-state index contributed by atoms with van der Waals surface area (Å²) in [6, 6.07) is 8.31. The number of rotatable bonds is 5. The van der Waals surface area contributed by atoms with E-state index in [-0.39, 0.29) is 6.04 Å². The molecule has 1 unspecified atom stereocenters. The third-order valence-corrected chi connectivity index (χ3v) is 2.36. The molecule has 1 atom stereocenters. The Hall–Kier alpha value is -1.02. The van der Waals surface area contributed by atoms with Gasteiger partial charge in [-0.1, -0.05) is 25.1 Å².